The summed E-state index contributed by atoms with van der Waals surface area (Å²) in [6.45, 7) is 6.87. The molecule has 2 aliphatic heterocycles. The number of aryl methyl sites for hydroxylation is 2. The molecule has 270 valence electrons. The molecule has 5 rings (SSSR count). The predicted octanol–water partition coefficient (Wildman–Crippen LogP) is 4.91. The minimum absolute atomic E-state index is 0.0310. The third-order valence-electron chi connectivity index (χ3n) is 8.65. The van der Waals surface area contributed by atoms with Crippen LogP contribution in [0, 0.1) is 12.8 Å². The number of hydrogen-bond donors (Lipinski definition) is 3. The Morgan fingerprint density at radius 1 is 0.880 bits per heavy atom. The number of nitrogens with one attached hydrogen (secondary N) is 3. The number of hydrogen-bond acceptors (Lipinski definition) is 8. The number of aromatic nitrogens is 2. The van der Waals surface area contributed by atoms with Gasteiger partial charge in [0.1, 0.15) is 17.8 Å². The number of ether oxygens (including phenoxy) is 1. The Labute approximate surface area is 295 Å². The van der Waals surface area contributed by atoms with Gasteiger partial charge in [0.25, 0.3) is 5.91 Å². The Balaban J connectivity index is 0.000000714. The third kappa shape index (κ3) is 12.3. The van der Waals surface area contributed by atoms with E-state index in [2.05, 4.69) is 45.1 Å². The average Bonchev–Trinajstić information content (AvgIpc) is 3.79. The Morgan fingerprint density at radius 3 is 2.34 bits per heavy atom. The van der Waals surface area contributed by atoms with Crippen molar-refractivity contribution in [3.63, 3.8) is 0 Å². The lowest BCUT2D eigenvalue weighted by Gasteiger charge is -2.29. The van der Waals surface area contributed by atoms with Gasteiger partial charge in [-0.25, -0.2) is 0 Å². The van der Waals surface area contributed by atoms with Gasteiger partial charge in [-0.05, 0) is 57.1 Å². The smallest absolute Gasteiger partial charge is 0.255 e. The molecule has 4 amide bonds. The van der Waals surface area contributed by atoms with Crippen LogP contribution in [0.25, 0.3) is 0 Å². The molecular weight excluding hydrogens is 636 g/mol. The summed E-state index contributed by atoms with van der Waals surface area (Å²) in [4.78, 5) is 58.6. The number of fused-ring (bicyclic) bond motifs is 4. The summed E-state index contributed by atoms with van der Waals surface area (Å²) in [5.41, 5.74) is 1.60. The first kappa shape index (κ1) is 38.1. The highest BCUT2D eigenvalue weighted by Gasteiger charge is 2.38. The van der Waals surface area contributed by atoms with E-state index in [1.165, 1.54) is 10.5 Å². The van der Waals surface area contributed by atoms with E-state index in [0.29, 0.717) is 56.2 Å². The van der Waals surface area contributed by atoms with Crippen LogP contribution in [0.5, 0.6) is 5.75 Å². The van der Waals surface area contributed by atoms with E-state index in [4.69, 9.17) is 9.26 Å². The fourth-order valence-corrected chi connectivity index (χ4v) is 6.02. The lowest BCUT2D eigenvalue weighted by molar-refractivity contribution is -0.140. The van der Waals surface area contributed by atoms with Crippen LogP contribution in [0.1, 0.15) is 99.3 Å². The molecule has 0 spiro atoms. The first-order chi connectivity index (χ1) is 24.2. The second-order valence-electron chi connectivity index (χ2n) is 13.3. The Bertz CT molecular complexity index is 1530. The van der Waals surface area contributed by atoms with E-state index in [1.807, 2.05) is 32.0 Å². The molecule has 0 aliphatic carbocycles. The SMILES string of the molecule is CC(C)CC1NC(=O)c2ccccc2OCc2noc(n2)CCCCCCCCNC(=O)CNC(=O)C2CCCN2C1=O.Cc1ccccc1. The summed E-state index contributed by atoms with van der Waals surface area (Å²) in [6, 6.07) is 15.5. The van der Waals surface area contributed by atoms with E-state index >= 15 is 0 Å². The normalized spacial score (nSPS) is 20.3. The summed E-state index contributed by atoms with van der Waals surface area (Å²) in [6.07, 6.45) is 8.19. The molecule has 1 saturated heterocycles. The second-order valence-corrected chi connectivity index (χ2v) is 13.3. The molecule has 50 heavy (non-hydrogen) atoms. The van der Waals surface area contributed by atoms with Crippen molar-refractivity contribution in [2.45, 2.75) is 104 Å². The van der Waals surface area contributed by atoms with Crippen LogP contribution in [-0.4, -0.2) is 70.4 Å². The average molecular weight is 689 g/mol. The van der Waals surface area contributed by atoms with Crippen molar-refractivity contribution in [3.8, 4) is 5.75 Å². The van der Waals surface area contributed by atoms with Gasteiger partial charge in [-0.3, -0.25) is 19.2 Å². The third-order valence-corrected chi connectivity index (χ3v) is 8.65. The maximum absolute atomic E-state index is 13.8. The van der Waals surface area contributed by atoms with Gasteiger partial charge in [-0.2, -0.15) is 4.98 Å². The van der Waals surface area contributed by atoms with Gasteiger partial charge in [0, 0.05) is 19.5 Å². The van der Waals surface area contributed by atoms with Crippen LogP contribution in [0.15, 0.2) is 59.1 Å². The molecule has 0 radical (unpaired) electrons. The molecule has 3 heterocycles. The first-order valence-corrected chi connectivity index (χ1v) is 17.9. The fraction of sp³-hybridized carbons (Fsp3) is 0.526. The molecule has 3 aromatic rings. The highest BCUT2D eigenvalue weighted by Crippen LogP contribution is 2.23. The van der Waals surface area contributed by atoms with Crippen molar-refractivity contribution in [2.24, 2.45) is 5.92 Å². The van der Waals surface area contributed by atoms with Crippen molar-refractivity contribution in [2.75, 3.05) is 19.6 Å². The first-order valence-electron chi connectivity index (χ1n) is 17.9. The molecule has 2 aromatic carbocycles. The van der Waals surface area contributed by atoms with Crippen molar-refractivity contribution in [1.29, 1.82) is 0 Å². The van der Waals surface area contributed by atoms with E-state index in [9.17, 15) is 19.2 Å². The van der Waals surface area contributed by atoms with Crippen molar-refractivity contribution in [3.05, 3.63) is 77.4 Å². The zero-order valence-electron chi connectivity index (χ0n) is 29.6. The van der Waals surface area contributed by atoms with Gasteiger partial charge in [0.15, 0.2) is 6.61 Å². The predicted molar refractivity (Wildman–Crippen MR) is 189 cm³/mol. The molecule has 0 saturated carbocycles. The van der Waals surface area contributed by atoms with Gasteiger partial charge in [-0.15, -0.1) is 0 Å². The number of carbonyl (C=O) groups excluding carboxylic acids is 4. The Hall–Kier alpha value is -4.74. The summed E-state index contributed by atoms with van der Waals surface area (Å²) in [7, 11) is 0. The molecule has 2 aliphatic rings. The van der Waals surface area contributed by atoms with E-state index < -0.39 is 18.0 Å². The summed E-state index contributed by atoms with van der Waals surface area (Å²) in [5.74, 6) is -0.00995. The highest BCUT2D eigenvalue weighted by molar-refractivity contribution is 6.00. The number of rotatable bonds is 2. The molecule has 1 fully saturated rings. The lowest BCUT2D eigenvalue weighted by Crippen LogP contribution is -2.54. The van der Waals surface area contributed by atoms with Gasteiger partial charge in [0.05, 0.1) is 12.1 Å². The van der Waals surface area contributed by atoms with Crippen LogP contribution in [0.4, 0.5) is 0 Å². The van der Waals surface area contributed by atoms with E-state index in [0.717, 1.165) is 38.5 Å². The van der Waals surface area contributed by atoms with E-state index in [-0.39, 0.29) is 42.4 Å². The molecule has 3 N–H and O–H groups in total. The van der Waals surface area contributed by atoms with Crippen molar-refractivity contribution < 1.29 is 28.4 Å². The second kappa shape index (κ2) is 20.1. The maximum atomic E-state index is 13.8. The number of carbonyl (C=O) groups is 4. The molecule has 2 unspecified atom stereocenters. The fourth-order valence-electron chi connectivity index (χ4n) is 6.02. The quantitative estimate of drug-likeness (QED) is 0.343. The van der Waals surface area contributed by atoms with Crippen LogP contribution in [0.3, 0.4) is 0 Å². The zero-order valence-corrected chi connectivity index (χ0v) is 29.6. The number of benzene rings is 2. The number of nitrogens with zero attached hydrogens (tertiary/aromatic N) is 3. The van der Waals surface area contributed by atoms with Crippen LogP contribution in [0.2, 0.25) is 0 Å². The summed E-state index contributed by atoms with van der Waals surface area (Å²) >= 11 is 0. The van der Waals surface area contributed by atoms with Crippen LogP contribution < -0.4 is 20.7 Å². The van der Waals surface area contributed by atoms with E-state index in [1.54, 1.807) is 24.3 Å². The molecular formula is C38H52N6O6. The van der Waals surface area contributed by atoms with Gasteiger partial charge >= 0.3 is 0 Å². The van der Waals surface area contributed by atoms with Gasteiger partial charge in [-0.1, -0.05) is 92.7 Å². The topological polar surface area (TPSA) is 156 Å². The Kier molecular flexibility index (Phi) is 15.3. The number of para-hydroxylation sites is 1. The summed E-state index contributed by atoms with van der Waals surface area (Å²) < 4.78 is 11.3. The van der Waals surface area contributed by atoms with Gasteiger partial charge < -0.3 is 30.1 Å². The molecule has 2 atom stereocenters. The molecule has 2 bridgehead atoms. The highest BCUT2D eigenvalue weighted by atomic mass is 16.5. The van der Waals surface area contributed by atoms with Crippen LogP contribution >= 0.6 is 0 Å². The van der Waals surface area contributed by atoms with Crippen molar-refractivity contribution in [1.82, 2.24) is 31.0 Å². The van der Waals surface area contributed by atoms with Gasteiger partial charge in [0.2, 0.25) is 29.4 Å². The largest absolute Gasteiger partial charge is 0.485 e. The minimum atomic E-state index is -0.837. The lowest BCUT2D eigenvalue weighted by atomic mass is 10.0. The number of amides is 4. The molecule has 12 nitrogen and oxygen atoms in total. The van der Waals surface area contributed by atoms with Crippen molar-refractivity contribution >= 4 is 23.6 Å². The zero-order chi connectivity index (χ0) is 35.7. The maximum Gasteiger partial charge on any atom is 0.255 e. The minimum Gasteiger partial charge on any atom is -0.485 e. The summed E-state index contributed by atoms with van der Waals surface area (Å²) in [5, 5.41) is 12.5. The Morgan fingerprint density at radius 2 is 1.60 bits per heavy atom. The monoisotopic (exact) mass is 688 g/mol. The molecule has 12 heteroatoms. The molecule has 1 aromatic heterocycles. The van der Waals surface area contributed by atoms with Crippen LogP contribution in [-0.2, 0) is 27.4 Å². The standard InChI is InChI=1S/C31H44N6O6.C7H8/c1-21(2)18-23-31(41)37-17-11-13-24(37)30(40)33-19-27(38)32-16-10-6-4-3-5-7-15-28-35-26(36-43-28)20-42-25-14-9-8-12-22(25)29(39)34-23;1-7-5-3-2-4-6-7/h8-9,12,14,21,23-24H,3-7,10-11,13,15-20H2,1-2H3,(H,32,38)(H,33,40)(H,34,39);2-6H,1H3.